The lowest BCUT2D eigenvalue weighted by Gasteiger charge is -2.50. The van der Waals surface area contributed by atoms with Gasteiger partial charge in [-0.3, -0.25) is 4.90 Å². The topological polar surface area (TPSA) is 32.5 Å². The van der Waals surface area contributed by atoms with Crippen LogP contribution in [0.5, 0.6) is 0 Å². The van der Waals surface area contributed by atoms with E-state index in [0.29, 0.717) is 11.3 Å². The molecule has 2 saturated heterocycles. The van der Waals surface area contributed by atoms with Crippen molar-refractivity contribution in [3.8, 4) is 0 Å². The predicted octanol–water partition coefficient (Wildman–Crippen LogP) is 3.08. The summed E-state index contributed by atoms with van der Waals surface area (Å²) in [6.07, 6.45) is 2.96. The van der Waals surface area contributed by atoms with Crippen LogP contribution in [-0.4, -0.2) is 48.0 Å². The van der Waals surface area contributed by atoms with E-state index in [0.717, 1.165) is 50.8 Å². The minimum absolute atomic E-state index is 0.315. The molecule has 0 amide bonds. The fraction of sp³-hybridized carbons (Fsp3) is 0.550. The van der Waals surface area contributed by atoms with Crippen molar-refractivity contribution in [1.82, 2.24) is 14.8 Å². The van der Waals surface area contributed by atoms with Crippen molar-refractivity contribution in [3.05, 3.63) is 53.2 Å². The lowest BCUT2D eigenvalue weighted by atomic mass is 9.71. The second kappa shape index (κ2) is 6.01. The minimum atomic E-state index is 0.315. The first-order valence-corrected chi connectivity index (χ1v) is 8.99. The molecule has 2 aliphatic rings. The van der Waals surface area contributed by atoms with Gasteiger partial charge in [0.05, 0.1) is 12.1 Å². The third kappa shape index (κ3) is 2.78. The van der Waals surface area contributed by atoms with Crippen LogP contribution in [0.2, 0.25) is 0 Å². The number of hydrogen-bond acceptors (Lipinski definition) is 4. The first-order chi connectivity index (χ1) is 11.6. The van der Waals surface area contributed by atoms with Gasteiger partial charge in [-0.2, -0.15) is 0 Å². The van der Waals surface area contributed by atoms with Gasteiger partial charge in [-0.25, -0.2) is 4.98 Å². The Bertz CT molecular complexity index is 700. The molecule has 24 heavy (non-hydrogen) atoms. The van der Waals surface area contributed by atoms with Crippen molar-refractivity contribution in [2.24, 2.45) is 5.41 Å². The highest BCUT2D eigenvalue weighted by atomic mass is 16.4. The number of hydrogen-bond donors (Lipinski definition) is 0. The summed E-state index contributed by atoms with van der Waals surface area (Å²) in [6.45, 7) is 9.71. The van der Waals surface area contributed by atoms with Crippen LogP contribution in [0, 0.1) is 12.3 Å². The summed E-state index contributed by atoms with van der Waals surface area (Å²) in [4.78, 5) is 9.51. The third-order valence-corrected chi connectivity index (χ3v) is 5.67. The van der Waals surface area contributed by atoms with E-state index < -0.39 is 0 Å². The highest BCUT2D eigenvalue weighted by Gasteiger charge is 2.55. The van der Waals surface area contributed by atoms with E-state index in [2.05, 4.69) is 53.0 Å². The maximum atomic E-state index is 5.87. The fourth-order valence-electron chi connectivity index (χ4n) is 4.51. The summed E-state index contributed by atoms with van der Waals surface area (Å²) in [5.74, 6) is 2.28. The zero-order valence-electron chi connectivity index (χ0n) is 15.0. The van der Waals surface area contributed by atoms with Gasteiger partial charge in [-0.1, -0.05) is 31.2 Å². The smallest absolute Gasteiger partial charge is 0.199 e. The number of likely N-dealkylation sites (N-methyl/N-ethyl adjacent to an activating group) is 1. The maximum Gasteiger partial charge on any atom is 0.199 e. The lowest BCUT2D eigenvalue weighted by molar-refractivity contribution is -0.0127. The van der Waals surface area contributed by atoms with Crippen LogP contribution >= 0.6 is 0 Å². The van der Waals surface area contributed by atoms with Crippen LogP contribution in [0.15, 0.2) is 34.9 Å². The Morgan fingerprint density at radius 2 is 1.88 bits per heavy atom. The van der Waals surface area contributed by atoms with Crippen LogP contribution in [0.25, 0.3) is 0 Å². The van der Waals surface area contributed by atoms with E-state index in [4.69, 9.17) is 4.42 Å². The van der Waals surface area contributed by atoms with E-state index in [9.17, 15) is 0 Å². The molecule has 1 atom stereocenters. The van der Waals surface area contributed by atoms with Crippen molar-refractivity contribution < 1.29 is 4.42 Å². The van der Waals surface area contributed by atoms with Crippen LogP contribution in [0.4, 0.5) is 0 Å². The van der Waals surface area contributed by atoms with Gasteiger partial charge < -0.3 is 9.32 Å². The Kier molecular flexibility index (Phi) is 3.97. The quantitative estimate of drug-likeness (QED) is 0.865. The van der Waals surface area contributed by atoms with Gasteiger partial charge >= 0.3 is 0 Å². The zero-order chi connectivity index (χ0) is 16.7. The number of aromatic nitrogens is 1. The largest absolute Gasteiger partial charge is 0.446 e. The highest BCUT2D eigenvalue weighted by molar-refractivity contribution is 5.24. The van der Waals surface area contributed by atoms with Gasteiger partial charge in [-0.05, 0) is 31.5 Å². The Morgan fingerprint density at radius 3 is 2.50 bits per heavy atom. The highest BCUT2D eigenvalue weighted by Crippen LogP contribution is 2.48. The molecule has 0 radical (unpaired) electrons. The maximum absolute atomic E-state index is 5.87. The Labute approximate surface area is 144 Å². The average molecular weight is 325 g/mol. The van der Waals surface area contributed by atoms with Crippen LogP contribution < -0.4 is 0 Å². The number of aryl methyl sites for hydroxylation is 2. The second-order valence-electron chi connectivity index (χ2n) is 7.74. The van der Waals surface area contributed by atoms with Gasteiger partial charge in [0.15, 0.2) is 5.89 Å². The normalized spacial score (nSPS) is 23.7. The van der Waals surface area contributed by atoms with Gasteiger partial charge in [0.25, 0.3) is 0 Å². The molecule has 4 rings (SSSR count). The van der Waals surface area contributed by atoms with Crippen molar-refractivity contribution in [1.29, 1.82) is 0 Å². The van der Waals surface area contributed by atoms with E-state index in [1.165, 1.54) is 11.1 Å². The monoisotopic (exact) mass is 325 g/mol. The first-order valence-electron chi connectivity index (χ1n) is 8.99. The number of likely N-dealkylation sites (tertiary alicyclic amines) is 2. The molecule has 1 spiro atoms. The van der Waals surface area contributed by atoms with Crippen LogP contribution in [0.1, 0.15) is 35.6 Å². The molecule has 0 N–H and O–H groups in total. The van der Waals surface area contributed by atoms with Gasteiger partial charge in [0.1, 0.15) is 5.76 Å². The van der Waals surface area contributed by atoms with Crippen molar-refractivity contribution in [2.75, 3.05) is 33.2 Å². The summed E-state index contributed by atoms with van der Waals surface area (Å²) in [6, 6.07) is 9.07. The molecular formula is C20H27N3O. The molecule has 0 bridgehead atoms. The van der Waals surface area contributed by atoms with Crippen molar-refractivity contribution in [2.45, 2.75) is 32.7 Å². The van der Waals surface area contributed by atoms with Gasteiger partial charge in [-0.15, -0.1) is 0 Å². The standard InChI is InChI=1S/C20H27N3O/c1-4-16-5-7-17(8-6-16)10-23-13-20(14-23)12-22(3)11-18(20)19-21-9-15(2)24-19/h5-9,18H,4,10-14H2,1-3H3. The Balaban J connectivity index is 1.43. The Hall–Kier alpha value is -1.65. The number of rotatable bonds is 4. The number of oxazole rings is 1. The van der Waals surface area contributed by atoms with E-state index in [-0.39, 0.29) is 0 Å². The summed E-state index contributed by atoms with van der Waals surface area (Å²) in [7, 11) is 2.21. The molecule has 2 aliphatic heterocycles. The number of benzene rings is 1. The summed E-state index contributed by atoms with van der Waals surface area (Å²) >= 11 is 0. The van der Waals surface area contributed by atoms with Crippen LogP contribution in [-0.2, 0) is 13.0 Å². The fourth-order valence-corrected chi connectivity index (χ4v) is 4.51. The molecule has 128 valence electrons. The molecule has 2 aromatic rings. The van der Waals surface area contributed by atoms with Gasteiger partial charge in [0, 0.05) is 38.1 Å². The predicted molar refractivity (Wildman–Crippen MR) is 95.0 cm³/mol. The van der Waals surface area contributed by atoms with Crippen molar-refractivity contribution >= 4 is 0 Å². The molecule has 0 aliphatic carbocycles. The molecule has 4 heteroatoms. The molecule has 1 aromatic carbocycles. The van der Waals surface area contributed by atoms with E-state index >= 15 is 0 Å². The summed E-state index contributed by atoms with van der Waals surface area (Å²) < 4.78 is 5.87. The molecule has 4 nitrogen and oxygen atoms in total. The van der Waals surface area contributed by atoms with E-state index in [1.807, 2.05) is 13.1 Å². The van der Waals surface area contributed by atoms with Crippen molar-refractivity contribution in [3.63, 3.8) is 0 Å². The minimum Gasteiger partial charge on any atom is -0.446 e. The van der Waals surface area contributed by atoms with E-state index in [1.54, 1.807) is 0 Å². The molecule has 2 fully saturated rings. The SMILES string of the molecule is CCc1ccc(CN2CC3(CN(C)CC3c3ncc(C)o3)C2)cc1. The van der Waals surface area contributed by atoms with Crippen LogP contribution in [0.3, 0.4) is 0 Å². The third-order valence-electron chi connectivity index (χ3n) is 5.67. The average Bonchev–Trinajstić information content (AvgIpc) is 3.11. The molecule has 1 unspecified atom stereocenters. The molecule has 0 saturated carbocycles. The molecule has 3 heterocycles. The number of nitrogens with zero attached hydrogens (tertiary/aromatic N) is 3. The summed E-state index contributed by atoms with van der Waals surface area (Å²) in [5, 5.41) is 0. The summed E-state index contributed by atoms with van der Waals surface area (Å²) in [5.41, 5.74) is 3.14. The lowest BCUT2D eigenvalue weighted by Crippen LogP contribution is -2.59. The first kappa shape index (κ1) is 15.9. The molecule has 1 aromatic heterocycles. The second-order valence-corrected chi connectivity index (χ2v) is 7.74. The zero-order valence-corrected chi connectivity index (χ0v) is 15.0. The molecular weight excluding hydrogens is 298 g/mol. The van der Waals surface area contributed by atoms with Gasteiger partial charge in [0.2, 0.25) is 0 Å². The Morgan fingerprint density at radius 1 is 1.17 bits per heavy atom.